The molecule has 15 heavy (non-hydrogen) atoms. The van der Waals surface area contributed by atoms with Crippen LogP contribution in [0.3, 0.4) is 0 Å². The van der Waals surface area contributed by atoms with Gasteiger partial charge in [-0.3, -0.25) is 9.59 Å². The van der Waals surface area contributed by atoms with Crippen LogP contribution in [0.1, 0.15) is 28.2 Å². The molecule has 0 saturated heterocycles. The van der Waals surface area contributed by atoms with E-state index >= 15 is 0 Å². The Morgan fingerprint density at radius 1 is 1.60 bits per heavy atom. The molecule has 0 saturated carbocycles. The van der Waals surface area contributed by atoms with Crippen LogP contribution < -0.4 is 5.43 Å². The number of nitriles is 1. The van der Waals surface area contributed by atoms with Crippen LogP contribution in [0.15, 0.2) is 10.9 Å². The first kappa shape index (κ1) is 11.3. The third-order valence-corrected chi connectivity index (χ3v) is 1.82. The second-order valence-electron chi connectivity index (χ2n) is 2.52. The van der Waals surface area contributed by atoms with Crippen molar-refractivity contribution in [1.29, 1.82) is 5.26 Å². The molecule has 1 aromatic heterocycles. The van der Waals surface area contributed by atoms with E-state index in [1.54, 1.807) is 0 Å². The highest BCUT2D eigenvalue weighted by Crippen LogP contribution is 2.17. The van der Waals surface area contributed by atoms with Crippen LogP contribution >= 0.6 is 11.6 Å². The Morgan fingerprint density at radius 2 is 2.20 bits per heavy atom. The maximum atomic E-state index is 12.3. The minimum absolute atomic E-state index is 0.386. The first-order chi connectivity index (χ1) is 6.97. The average molecular weight is 233 g/mol. The predicted molar refractivity (Wildman–Crippen MR) is 46.9 cm³/mol. The molecule has 1 heterocycles. The molecule has 0 atom stereocenters. The second-order valence-corrected chi connectivity index (χ2v) is 2.87. The number of carbonyl (C=O) groups excluding carboxylic acids is 1. The van der Waals surface area contributed by atoms with Crippen molar-refractivity contribution >= 4 is 16.8 Å². The van der Waals surface area contributed by atoms with Crippen molar-refractivity contribution in [3.63, 3.8) is 0 Å². The Balaban J connectivity index is 3.53. The van der Waals surface area contributed by atoms with Crippen molar-refractivity contribution in [3.8, 4) is 6.07 Å². The van der Waals surface area contributed by atoms with E-state index in [9.17, 15) is 18.4 Å². The largest absolute Gasteiger partial charge is 0.342 e. The number of nitrogens with one attached hydrogen (secondary N) is 1. The topological polar surface area (TPSA) is 73.7 Å². The van der Waals surface area contributed by atoms with E-state index in [1.165, 1.54) is 6.07 Å². The van der Waals surface area contributed by atoms with Crippen LogP contribution in [0.2, 0.25) is 0 Å². The van der Waals surface area contributed by atoms with Crippen molar-refractivity contribution in [2.45, 2.75) is 6.43 Å². The smallest absolute Gasteiger partial charge is 0.270 e. The van der Waals surface area contributed by atoms with Crippen LogP contribution in [0.4, 0.5) is 8.78 Å². The summed E-state index contributed by atoms with van der Waals surface area (Å²) in [5.41, 5.74) is -3.09. The minimum atomic E-state index is -3.08. The summed E-state index contributed by atoms with van der Waals surface area (Å²) >= 11 is 5.03. The number of carbonyl (C=O) groups is 1. The fourth-order valence-corrected chi connectivity index (χ4v) is 1.08. The van der Waals surface area contributed by atoms with Gasteiger partial charge in [0.15, 0.2) is 5.43 Å². The highest BCUT2D eigenvalue weighted by Gasteiger charge is 2.19. The quantitative estimate of drug-likeness (QED) is 0.787. The molecule has 0 amide bonds. The van der Waals surface area contributed by atoms with E-state index in [4.69, 9.17) is 16.9 Å². The van der Waals surface area contributed by atoms with Gasteiger partial charge in [0, 0.05) is 6.07 Å². The summed E-state index contributed by atoms with van der Waals surface area (Å²) in [4.78, 5) is 23.8. The summed E-state index contributed by atoms with van der Waals surface area (Å²) in [7, 11) is 0. The van der Waals surface area contributed by atoms with Gasteiger partial charge in [-0.25, -0.2) is 8.78 Å². The molecule has 1 rings (SSSR count). The van der Waals surface area contributed by atoms with Gasteiger partial charge in [-0.2, -0.15) is 5.26 Å². The standard InChI is InChI=1S/C8H3ClF2N2O2/c9-7(15)3-1-5(14)6(8(10)11)4(2-12)13-3/h1,8H,(H,13,14). The Bertz CT molecular complexity index is 504. The molecule has 0 aliphatic heterocycles. The van der Waals surface area contributed by atoms with E-state index in [-0.39, 0.29) is 5.69 Å². The van der Waals surface area contributed by atoms with Gasteiger partial charge in [-0.05, 0) is 11.6 Å². The maximum Gasteiger partial charge on any atom is 0.270 e. The lowest BCUT2D eigenvalue weighted by Gasteiger charge is -2.02. The van der Waals surface area contributed by atoms with E-state index in [0.29, 0.717) is 6.07 Å². The van der Waals surface area contributed by atoms with Crippen molar-refractivity contribution in [2.24, 2.45) is 0 Å². The third kappa shape index (κ3) is 2.19. The summed E-state index contributed by atoms with van der Waals surface area (Å²) < 4.78 is 24.6. The molecular weight excluding hydrogens is 230 g/mol. The zero-order valence-electron chi connectivity index (χ0n) is 7.05. The van der Waals surface area contributed by atoms with E-state index in [2.05, 4.69) is 4.98 Å². The summed E-state index contributed by atoms with van der Waals surface area (Å²) in [6.45, 7) is 0. The molecule has 0 fully saturated rings. The Labute approximate surface area is 87.1 Å². The van der Waals surface area contributed by atoms with Crippen LogP contribution in [-0.2, 0) is 0 Å². The van der Waals surface area contributed by atoms with Gasteiger partial charge in [-0.1, -0.05) is 0 Å². The zero-order chi connectivity index (χ0) is 11.6. The molecule has 0 bridgehead atoms. The molecule has 0 radical (unpaired) electrons. The van der Waals surface area contributed by atoms with Gasteiger partial charge >= 0.3 is 0 Å². The van der Waals surface area contributed by atoms with Crippen LogP contribution in [0, 0.1) is 11.3 Å². The number of aromatic nitrogens is 1. The number of rotatable bonds is 2. The summed E-state index contributed by atoms with van der Waals surface area (Å²) in [6.07, 6.45) is -3.08. The lowest BCUT2D eigenvalue weighted by atomic mass is 10.2. The second kappa shape index (κ2) is 4.19. The Morgan fingerprint density at radius 3 is 2.60 bits per heavy atom. The molecule has 0 aliphatic carbocycles. The van der Waals surface area contributed by atoms with Gasteiger partial charge in [0.25, 0.3) is 11.7 Å². The van der Waals surface area contributed by atoms with Crippen molar-refractivity contribution < 1.29 is 13.6 Å². The highest BCUT2D eigenvalue weighted by molar-refractivity contribution is 6.67. The van der Waals surface area contributed by atoms with E-state index in [1.807, 2.05) is 0 Å². The Kier molecular flexibility index (Phi) is 3.17. The predicted octanol–water partition coefficient (Wildman–Crippen LogP) is 1.56. The van der Waals surface area contributed by atoms with Crippen molar-refractivity contribution in [2.75, 3.05) is 0 Å². The number of H-pyrrole nitrogens is 1. The highest BCUT2D eigenvalue weighted by atomic mass is 35.5. The fraction of sp³-hybridized carbons (Fsp3) is 0.125. The monoisotopic (exact) mass is 232 g/mol. The zero-order valence-corrected chi connectivity index (χ0v) is 7.81. The molecule has 0 aliphatic rings. The number of halogens is 3. The van der Waals surface area contributed by atoms with Gasteiger partial charge in [-0.15, -0.1) is 0 Å². The first-order valence-electron chi connectivity index (χ1n) is 3.62. The van der Waals surface area contributed by atoms with E-state index in [0.717, 1.165) is 0 Å². The van der Waals surface area contributed by atoms with Crippen molar-refractivity contribution in [1.82, 2.24) is 4.98 Å². The van der Waals surface area contributed by atoms with Crippen LogP contribution in [0.25, 0.3) is 0 Å². The number of alkyl halides is 2. The molecule has 78 valence electrons. The third-order valence-electron chi connectivity index (χ3n) is 1.61. The van der Waals surface area contributed by atoms with Gasteiger partial charge in [0.2, 0.25) is 0 Å². The number of hydrogen-bond acceptors (Lipinski definition) is 3. The summed E-state index contributed by atoms with van der Waals surface area (Å²) in [6, 6.07) is 2.00. The molecule has 4 nitrogen and oxygen atoms in total. The minimum Gasteiger partial charge on any atom is -0.342 e. The van der Waals surface area contributed by atoms with Gasteiger partial charge in [0.05, 0.1) is 5.56 Å². The molecule has 0 spiro atoms. The fourth-order valence-electron chi connectivity index (χ4n) is 0.981. The SMILES string of the molecule is N#Cc1[nH]c(C(=O)Cl)cc(=O)c1C(F)F. The number of pyridine rings is 1. The Hall–Kier alpha value is -1.74. The number of hydrogen-bond donors (Lipinski definition) is 1. The molecule has 1 N–H and O–H groups in total. The van der Waals surface area contributed by atoms with Crippen molar-refractivity contribution in [3.05, 3.63) is 33.2 Å². The van der Waals surface area contributed by atoms with Gasteiger partial charge < -0.3 is 4.98 Å². The lowest BCUT2D eigenvalue weighted by Crippen LogP contribution is -2.15. The van der Waals surface area contributed by atoms with E-state index < -0.39 is 28.4 Å². The molecule has 0 unspecified atom stereocenters. The maximum absolute atomic E-state index is 12.3. The normalized spacial score (nSPS) is 10.1. The summed E-state index contributed by atoms with van der Waals surface area (Å²) in [5, 5.41) is 7.47. The number of nitrogens with zero attached hydrogens (tertiary/aromatic N) is 1. The van der Waals surface area contributed by atoms with Gasteiger partial charge in [0.1, 0.15) is 17.5 Å². The molecule has 7 heteroatoms. The van der Waals surface area contributed by atoms with Crippen LogP contribution in [-0.4, -0.2) is 10.2 Å². The molecule has 0 aromatic carbocycles. The number of aromatic amines is 1. The van der Waals surface area contributed by atoms with Crippen LogP contribution in [0.5, 0.6) is 0 Å². The lowest BCUT2D eigenvalue weighted by molar-refractivity contribution is 0.107. The summed E-state index contributed by atoms with van der Waals surface area (Å²) in [5.74, 6) is 0. The average Bonchev–Trinajstić information content (AvgIpc) is 2.15. The molecule has 1 aromatic rings. The molecular formula is C8H3ClF2N2O2. The first-order valence-corrected chi connectivity index (χ1v) is 4.00.